The summed E-state index contributed by atoms with van der Waals surface area (Å²) in [5, 5.41) is 4.62. The molecule has 2 saturated heterocycles. The van der Waals surface area contributed by atoms with E-state index in [9.17, 15) is 8.42 Å². The zero-order valence-electron chi connectivity index (χ0n) is 12.4. The summed E-state index contributed by atoms with van der Waals surface area (Å²) in [5.74, 6) is 1.28. The van der Waals surface area contributed by atoms with E-state index in [0.717, 1.165) is 18.9 Å². The Hall–Kier alpha value is -0.730. The number of piperidine rings is 1. The first kappa shape index (κ1) is 15.2. The Bertz CT molecular complexity index is 671. The second-order valence-electron chi connectivity index (χ2n) is 6.12. The first-order chi connectivity index (χ1) is 9.96. The Labute approximate surface area is 130 Å². The molecule has 21 heavy (non-hydrogen) atoms. The fraction of sp³-hybridized carbons (Fsp3) is 0.846. The second kappa shape index (κ2) is 5.81. The van der Waals surface area contributed by atoms with Crippen molar-refractivity contribution in [2.24, 2.45) is 7.05 Å². The van der Waals surface area contributed by atoms with E-state index in [1.54, 1.807) is 0 Å². The predicted octanol–water partition coefficient (Wildman–Crippen LogP) is 1.30. The summed E-state index contributed by atoms with van der Waals surface area (Å²) in [6.07, 6.45) is 4.42. The Kier molecular flexibility index (Phi) is 4.20. The number of hydrogen-bond acceptors (Lipinski definition) is 5. The van der Waals surface area contributed by atoms with Crippen LogP contribution in [0.4, 0.5) is 0 Å². The lowest BCUT2D eigenvalue weighted by atomic mass is 10.1. The van der Waals surface area contributed by atoms with E-state index in [0.29, 0.717) is 17.9 Å². The van der Waals surface area contributed by atoms with E-state index < -0.39 is 9.84 Å². The molecule has 8 heteroatoms. The van der Waals surface area contributed by atoms with Gasteiger partial charge in [-0.2, -0.15) is 5.10 Å². The van der Waals surface area contributed by atoms with Crippen molar-refractivity contribution in [3.63, 3.8) is 0 Å². The zero-order valence-corrected chi connectivity index (χ0v) is 14.0. The Morgan fingerprint density at radius 1 is 1.29 bits per heavy atom. The van der Waals surface area contributed by atoms with Gasteiger partial charge in [0, 0.05) is 13.0 Å². The van der Waals surface area contributed by atoms with Gasteiger partial charge in [0.05, 0.1) is 18.2 Å². The van der Waals surface area contributed by atoms with Crippen molar-refractivity contribution in [3.8, 4) is 0 Å². The first-order valence-electron chi connectivity index (χ1n) is 7.53. The summed E-state index contributed by atoms with van der Waals surface area (Å²) in [7, 11) is -1.01. The standard InChI is InChI=1S/C13H22N4O2S2/c1-15-12(11-5-8-21(18,19)9-11)14-17(13(15)20)10-16-6-3-2-4-7-16/h11H,2-10H2,1H3/t11-/m1/s1. The number of nitrogens with zero attached hydrogens (tertiary/aromatic N) is 4. The largest absolute Gasteiger partial charge is 0.307 e. The fourth-order valence-electron chi connectivity index (χ4n) is 3.24. The molecule has 3 rings (SSSR count). The predicted molar refractivity (Wildman–Crippen MR) is 83.5 cm³/mol. The Morgan fingerprint density at radius 2 is 2.00 bits per heavy atom. The highest BCUT2D eigenvalue weighted by Crippen LogP contribution is 2.27. The minimum absolute atomic E-state index is 0.00990. The summed E-state index contributed by atoms with van der Waals surface area (Å²) >= 11 is 5.46. The van der Waals surface area contributed by atoms with Crippen LogP contribution in [0.1, 0.15) is 37.4 Å². The van der Waals surface area contributed by atoms with E-state index in [4.69, 9.17) is 12.2 Å². The summed E-state index contributed by atoms with van der Waals surface area (Å²) in [5.41, 5.74) is 0. The molecule has 0 bridgehead atoms. The molecule has 1 aromatic heterocycles. The van der Waals surface area contributed by atoms with Crippen LogP contribution in [0.2, 0.25) is 0 Å². The van der Waals surface area contributed by atoms with Gasteiger partial charge in [-0.3, -0.25) is 4.90 Å². The maximum Gasteiger partial charge on any atom is 0.198 e. The lowest BCUT2D eigenvalue weighted by Gasteiger charge is -2.25. The van der Waals surface area contributed by atoms with Crippen LogP contribution < -0.4 is 0 Å². The minimum atomic E-state index is -2.90. The van der Waals surface area contributed by atoms with Gasteiger partial charge in [-0.05, 0) is 44.6 Å². The van der Waals surface area contributed by atoms with Gasteiger partial charge < -0.3 is 4.57 Å². The monoisotopic (exact) mass is 330 g/mol. The molecule has 1 atom stereocenters. The maximum atomic E-state index is 11.7. The van der Waals surface area contributed by atoms with Crippen molar-refractivity contribution in [2.45, 2.75) is 38.3 Å². The molecule has 0 N–H and O–H groups in total. The average molecular weight is 330 g/mol. The third-order valence-corrected chi connectivity index (χ3v) is 6.71. The molecule has 0 aliphatic carbocycles. The van der Waals surface area contributed by atoms with Gasteiger partial charge >= 0.3 is 0 Å². The molecule has 6 nitrogen and oxygen atoms in total. The quantitative estimate of drug-likeness (QED) is 0.782. The van der Waals surface area contributed by atoms with Crippen molar-refractivity contribution >= 4 is 22.1 Å². The summed E-state index contributed by atoms with van der Waals surface area (Å²) in [6, 6.07) is 0. The number of likely N-dealkylation sites (tertiary alicyclic amines) is 1. The molecule has 0 spiro atoms. The molecule has 0 unspecified atom stereocenters. The SMILES string of the molecule is Cn1c([C@@H]2CCS(=O)(=O)C2)nn(CN2CCCCC2)c1=S. The minimum Gasteiger partial charge on any atom is -0.307 e. The zero-order chi connectivity index (χ0) is 15.0. The molecule has 2 aliphatic heterocycles. The third-order valence-electron chi connectivity index (χ3n) is 4.45. The topological polar surface area (TPSA) is 60.1 Å². The van der Waals surface area contributed by atoms with Gasteiger partial charge in [0.1, 0.15) is 5.82 Å². The van der Waals surface area contributed by atoms with Gasteiger partial charge in [-0.1, -0.05) is 6.42 Å². The summed E-state index contributed by atoms with van der Waals surface area (Å²) in [4.78, 5) is 2.36. The Balaban J connectivity index is 1.80. The van der Waals surface area contributed by atoms with E-state index >= 15 is 0 Å². The first-order valence-corrected chi connectivity index (χ1v) is 9.76. The average Bonchev–Trinajstić information content (AvgIpc) is 2.94. The highest BCUT2D eigenvalue weighted by atomic mass is 32.2. The normalized spacial score (nSPS) is 26.2. The van der Waals surface area contributed by atoms with Crippen LogP contribution >= 0.6 is 12.2 Å². The van der Waals surface area contributed by atoms with E-state index in [2.05, 4.69) is 10.00 Å². The summed E-state index contributed by atoms with van der Waals surface area (Å²) < 4.78 is 27.7. The molecule has 2 fully saturated rings. The van der Waals surface area contributed by atoms with Crippen molar-refractivity contribution in [1.29, 1.82) is 0 Å². The number of rotatable bonds is 3. The van der Waals surface area contributed by atoms with Crippen molar-refractivity contribution in [1.82, 2.24) is 19.2 Å². The molecular weight excluding hydrogens is 308 g/mol. The van der Waals surface area contributed by atoms with Crippen LogP contribution in [0.25, 0.3) is 0 Å². The van der Waals surface area contributed by atoms with Crippen LogP contribution in [-0.2, 0) is 23.6 Å². The van der Waals surface area contributed by atoms with E-state index in [1.807, 2.05) is 16.3 Å². The number of aromatic nitrogens is 3. The maximum absolute atomic E-state index is 11.7. The van der Waals surface area contributed by atoms with Crippen LogP contribution in [0.3, 0.4) is 0 Å². The van der Waals surface area contributed by atoms with Crippen LogP contribution in [-0.4, -0.2) is 52.3 Å². The molecule has 2 aliphatic rings. The van der Waals surface area contributed by atoms with Gasteiger partial charge in [0.2, 0.25) is 0 Å². The van der Waals surface area contributed by atoms with Gasteiger partial charge in [-0.15, -0.1) is 0 Å². The van der Waals surface area contributed by atoms with Gasteiger partial charge in [0.25, 0.3) is 0 Å². The Morgan fingerprint density at radius 3 is 2.62 bits per heavy atom. The molecule has 3 heterocycles. The molecule has 118 valence electrons. The number of hydrogen-bond donors (Lipinski definition) is 0. The third kappa shape index (κ3) is 3.22. The summed E-state index contributed by atoms with van der Waals surface area (Å²) in [6.45, 7) is 2.89. The molecule has 0 aromatic carbocycles. The molecular formula is C13H22N4O2S2. The molecule has 0 amide bonds. The van der Waals surface area contributed by atoms with E-state index in [-0.39, 0.29) is 17.4 Å². The molecule has 0 radical (unpaired) electrons. The number of sulfone groups is 1. The molecule has 0 saturated carbocycles. The lowest BCUT2D eigenvalue weighted by molar-refractivity contribution is 0.171. The highest BCUT2D eigenvalue weighted by molar-refractivity contribution is 7.91. The van der Waals surface area contributed by atoms with Crippen molar-refractivity contribution in [3.05, 3.63) is 10.6 Å². The smallest absolute Gasteiger partial charge is 0.198 e. The van der Waals surface area contributed by atoms with Crippen molar-refractivity contribution < 1.29 is 8.42 Å². The second-order valence-corrected chi connectivity index (χ2v) is 8.71. The van der Waals surface area contributed by atoms with Crippen LogP contribution in [0.5, 0.6) is 0 Å². The van der Waals surface area contributed by atoms with E-state index in [1.165, 1.54) is 19.3 Å². The van der Waals surface area contributed by atoms with Crippen molar-refractivity contribution in [2.75, 3.05) is 24.6 Å². The van der Waals surface area contributed by atoms with Crippen LogP contribution in [0, 0.1) is 4.77 Å². The highest BCUT2D eigenvalue weighted by Gasteiger charge is 2.32. The van der Waals surface area contributed by atoms with Gasteiger partial charge in [-0.25, -0.2) is 13.1 Å². The fourth-order valence-corrected chi connectivity index (χ4v) is 5.17. The van der Waals surface area contributed by atoms with Crippen LogP contribution in [0.15, 0.2) is 0 Å². The lowest BCUT2D eigenvalue weighted by Crippen LogP contribution is -2.32. The molecule has 1 aromatic rings. The van der Waals surface area contributed by atoms with Gasteiger partial charge in [0.15, 0.2) is 14.6 Å².